The van der Waals surface area contributed by atoms with Crippen LogP contribution in [-0.4, -0.2) is 44.2 Å². The van der Waals surface area contributed by atoms with Gasteiger partial charge in [0, 0.05) is 13.7 Å². The van der Waals surface area contributed by atoms with E-state index in [2.05, 4.69) is 10.6 Å². The van der Waals surface area contributed by atoms with Crippen molar-refractivity contribution in [1.82, 2.24) is 10.6 Å². The first kappa shape index (κ1) is 13.9. The minimum Gasteiger partial charge on any atom is -0.383 e. The zero-order valence-corrected chi connectivity index (χ0v) is 9.42. The average Bonchev–Trinajstić information content (AvgIpc) is 2.15. The highest BCUT2D eigenvalue weighted by Crippen LogP contribution is 1.98. The molecule has 0 aromatic rings. The Morgan fingerprint density at radius 1 is 1.40 bits per heavy atom. The van der Waals surface area contributed by atoms with Crippen molar-refractivity contribution in [3.63, 3.8) is 0 Å². The lowest BCUT2D eigenvalue weighted by Crippen LogP contribution is -2.53. The molecular weight excluding hydrogens is 198 g/mol. The third kappa shape index (κ3) is 6.03. The monoisotopic (exact) mass is 217 g/mol. The van der Waals surface area contributed by atoms with Crippen LogP contribution < -0.4 is 16.4 Å². The van der Waals surface area contributed by atoms with Crippen LogP contribution in [0.4, 0.5) is 0 Å². The van der Waals surface area contributed by atoms with E-state index in [0.717, 1.165) is 0 Å². The summed E-state index contributed by atoms with van der Waals surface area (Å²) in [6.07, 6.45) is 0. The molecular formula is C9H19N3O3. The van der Waals surface area contributed by atoms with Crippen molar-refractivity contribution < 1.29 is 14.3 Å². The molecule has 0 saturated heterocycles. The largest absolute Gasteiger partial charge is 0.383 e. The Kier molecular flexibility index (Phi) is 5.88. The minimum absolute atomic E-state index is 0.0552. The Morgan fingerprint density at radius 2 is 2.00 bits per heavy atom. The van der Waals surface area contributed by atoms with Crippen molar-refractivity contribution in [2.45, 2.75) is 19.4 Å². The van der Waals surface area contributed by atoms with Crippen LogP contribution in [0.15, 0.2) is 0 Å². The highest BCUT2D eigenvalue weighted by atomic mass is 16.5. The smallest absolute Gasteiger partial charge is 0.237 e. The predicted octanol–water partition coefficient (Wildman–Crippen LogP) is -1.40. The first-order valence-electron chi connectivity index (χ1n) is 4.70. The maximum absolute atomic E-state index is 11.2. The summed E-state index contributed by atoms with van der Waals surface area (Å²) in [6, 6.07) is 0. The van der Waals surface area contributed by atoms with Gasteiger partial charge in [-0.3, -0.25) is 14.9 Å². The molecule has 0 aliphatic carbocycles. The van der Waals surface area contributed by atoms with Gasteiger partial charge in [0.1, 0.15) is 0 Å². The molecule has 0 aromatic carbocycles. The van der Waals surface area contributed by atoms with Gasteiger partial charge in [0.15, 0.2) is 0 Å². The van der Waals surface area contributed by atoms with Crippen molar-refractivity contribution in [1.29, 1.82) is 0 Å². The number of primary amides is 1. The molecule has 0 radical (unpaired) electrons. The number of carbonyl (C=O) groups excluding carboxylic acids is 2. The van der Waals surface area contributed by atoms with Crippen molar-refractivity contribution in [3.05, 3.63) is 0 Å². The van der Waals surface area contributed by atoms with Crippen molar-refractivity contribution in [3.8, 4) is 0 Å². The molecule has 2 amide bonds. The number of amides is 2. The van der Waals surface area contributed by atoms with Gasteiger partial charge >= 0.3 is 0 Å². The highest BCUT2D eigenvalue weighted by Gasteiger charge is 2.24. The Labute approximate surface area is 89.5 Å². The lowest BCUT2D eigenvalue weighted by molar-refractivity contribution is -0.124. The van der Waals surface area contributed by atoms with Crippen LogP contribution in [0, 0.1) is 0 Å². The number of carbonyl (C=O) groups is 2. The highest BCUT2D eigenvalue weighted by molar-refractivity contribution is 5.85. The number of hydrogen-bond acceptors (Lipinski definition) is 4. The summed E-state index contributed by atoms with van der Waals surface area (Å²) in [5.74, 6) is -0.687. The van der Waals surface area contributed by atoms with E-state index in [1.54, 1.807) is 21.0 Å². The molecule has 0 heterocycles. The molecule has 0 aliphatic heterocycles. The molecule has 0 spiro atoms. The maximum Gasteiger partial charge on any atom is 0.237 e. The Bertz CT molecular complexity index is 229. The van der Waals surface area contributed by atoms with E-state index in [9.17, 15) is 9.59 Å². The van der Waals surface area contributed by atoms with Crippen molar-refractivity contribution >= 4 is 11.8 Å². The lowest BCUT2D eigenvalue weighted by atomic mass is 10.1. The fraction of sp³-hybridized carbons (Fsp3) is 0.778. The van der Waals surface area contributed by atoms with Crippen molar-refractivity contribution in [2.75, 3.05) is 26.8 Å². The molecule has 0 unspecified atom stereocenters. The molecule has 88 valence electrons. The van der Waals surface area contributed by atoms with Gasteiger partial charge in [0.05, 0.1) is 18.7 Å². The Balaban J connectivity index is 3.75. The quantitative estimate of drug-likeness (QED) is 0.457. The van der Waals surface area contributed by atoms with E-state index < -0.39 is 11.4 Å². The topological polar surface area (TPSA) is 93.4 Å². The Morgan fingerprint density at radius 3 is 2.47 bits per heavy atom. The second kappa shape index (κ2) is 6.36. The second-order valence-electron chi connectivity index (χ2n) is 3.69. The summed E-state index contributed by atoms with van der Waals surface area (Å²) in [5, 5.41) is 5.37. The molecule has 0 fully saturated rings. The first-order chi connectivity index (χ1) is 6.90. The standard InChI is InChI=1S/C9H19N3O3/c1-9(2,8(10)14)12-6-7(13)11-4-5-15-3/h12H,4-6H2,1-3H3,(H2,10,14)(H,11,13). The summed E-state index contributed by atoms with van der Waals surface area (Å²) < 4.78 is 4.77. The normalized spacial score (nSPS) is 11.1. The van der Waals surface area contributed by atoms with Crippen LogP contribution in [0.25, 0.3) is 0 Å². The number of ether oxygens (including phenoxy) is 1. The van der Waals surface area contributed by atoms with Gasteiger partial charge in [-0.15, -0.1) is 0 Å². The zero-order chi connectivity index (χ0) is 11.9. The molecule has 0 bridgehead atoms. The number of methoxy groups -OCH3 is 1. The fourth-order valence-electron chi connectivity index (χ4n) is 0.743. The SMILES string of the molecule is COCCNC(=O)CNC(C)(C)C(N)=O. The Hall–Kier alpha value is -1.14. The van der Waals surface area contributed by atoms with Gasteiger partial charge in [-0.05, 0) is 13.8 Å². The van der Waals surface area contributed by atoms with Gasteiger partial charge in [-0.25, -0.2) is 0 Å². The summed E-state index contributed by atoms with van der Waals surface area (Å²) in [7, 11) is 1.56. The predicted molar refractivity (Wildman–Crippen MR) is 56.2 cm³/mol. The molecule has 0 aromatic heterocycles. The minimum atomic E-state index is -0.876. The molecule has 4 N–H and O–H groups in total. The summed E-state index contributed by atoms with van der Waals surface area (Å²) in [4.78, 5) is 22.1. The third-order valence-corrected chi connectivity index (χ3v) is 1.94. The number of rotatable bonds is 7. The molecule has 6 nitrogen and oxygen atoms in total. The van der Waals surface area contributed by atoms with E-state index >= 15 is 0 Å². The van der Waals surface area contributed by atoms with Gasteiger partial charge in [-0.1, -0.05) is 0 Å². The molecule has 6 heteroatoms. The van der Waals surface area contributed by atoms with E-state index in [1.807, 2.05) is 0 Å². The van der Waals surface area contributed by atoms with Gasteiger partial charge in [0.25, 0.3) is 0 Å². The van der Waals surface area contributed by atoms with E-state index in [0.29, 0.717) is 13.2 Å². The number of nitrogens with two attached hydrogens (primary N) is 1. The molecule has 0 aliphatic rings. The second-order valence-corrected chi connectivity index (χ2v) is 3.69. The molecule has 15 heavy (non-hydrogen) atoms. The van der Waals surface area contributed by atoms with Crippen LogP contribution in [0.2, 0.25) is 0 Å². The number of nitrogens with one attached hydrogen (secondary N) is 2. The fourth-order valence-corrected chi connectivity index (χ4v) is 0.743. The lowest BCUT2D eigenvalue weighted by Gasteiger charge is -2.21. The van der Waals surface area contributed by atoms with Gasteiger partial charge < -0.3 is 15.8 Å². The summed E-state index contributed by atoms with van der Waals surface area (Å²) in [5.41, 5.74) is 4.25. The number of hydrogen-bond donors (Lipinski definition) is 3. The van der Waals surface area contributed by atoms with Crippen LogP contribution in [0.3, 0.4) is 0 Å². The molecule has 0 saturated carbocycles. The maximum atomic E-state index is 11.2. The van der Waals surface area contributed by atoms with Gasteiger partial charge in [0.2, 0.25) is 11.8 Å². The summed E-state index contributed by atoms with van der Waals surface area (Å²) in [6.45, 7) is 4.22. The molecule has 0 atom stereocenters. The van der Waals surface area contributed by atoms with E-state index in [4.69, 9.17) is 10.5 Å². The third-order valence-electron chi connectivity index (χ3n) is 1.94. The van der Waals surface area contributed by atoms with Gasteiger partial charge in [-0.2, -0.15) is 0 Å². The van der Waals surface area contributed by atoms with E-state index in [1.165, 1.54) is 0 Å². The van der Waals surface area contributed by atoms with Crippen LogP contribution in [-0.2, 0) is 14.3 Å². The van der Waals surface area contributed by atoms with Crippen LogP contribution in [0.5, 0.6) is 0 Å². The molecule has 0 rings (SSSR count). The van der Waals surface area contributed by atoms with Crippen LogP contribution in [0.1, 0.15) is 13.8 Å². The average molecular weight is 217 g/mol. The van der Waals surface area contributed by atoms with E-state index in [-0.39, 0.29) is 12.5 Å². The van der Waals surface area contributed by atoms with Crippen LogP contribution >= 0.6 is 0 Å². The summed E-state index contributed by atoms with van der Waals surface area (Å²) >= 11 is 0. The zero-order valence-electron chi connectivity index (χ0n) is 9.42. The first-order valence-corrected chi connectivity index (χ1v) is 4.70. The van der Waals surface area contributed by atoms with Crippen molar-refractivity contribution in [2.24, 2.45) is 5.73 Å².